The van der Waals surface area contributed by atoms with Crippen molar-refractivity contribution in [2.45, 2.75) is 18.7 Å². The van der Waals surface area contributed by atoms with Gasteiger partial charge in [-0.1, -0.05) is 48.5 Å². The molecule has 0 spiro atoms. The topological polar surface area (TPSA) is 79.3 Å². The number of methoxy groups -OCH3 is 1. The summed E-state index contributed by atoms with van der Waals surface area (Å²) in [6, 6.07) is 21.5. The summed E-state index contributed by atoms with van der Waals surface area (Å²) >= 11 is 3.37. The summed E-state index contributed by atoms with van der Waals surface area (Å²) in [6.45, 7) is 0.190. The molecule has 3 atom stereocenters. The first-order valence-electron chi connectivity index (χ1n) is 10.5. The van der Waals surface area contributed by atoms with E-state index in [1.165, 1.54) is 12.0 Å². The number of hydroxylamine groups is 1. The van der Waals surface area contributed by atoms with Crippen molar-refractivity contribution in [1.82, 2.24) is 4.90 Å². The van der Waals surface area contributed by atoms with E-state index in [4.69, 9.17) is 9.57 Å². The normalized spacial score (nSPS) is 22.1. The number of anilines is 1. The van der Waals surface area contributed by atoms with Crippen molar-refractivity contribution < 1.29 is 24.3 Å². The second-order valence-corrected chi connectivity index (χ2v) is 8.81. The molecule has 5 rings (SSSR count). The van der Waals surface area contributed by atoms with E-state index in [9.17, 15) is 14.7 Å². The van der Waals surface area contributed by atoms with Gasteiger partial charge in [-0.2, -0.15) is 0 Å². The van der Waals surface area contributed by atoms with Gasteiger partial charge in [-0.05, 0) is 51.3 Å². The average molecular weight is 509 g/mol. The van der Waals surface area contributed by atoms with E-state index < -0.39 is 18.1 Å². The Morgan fingerprint density at radius 2 is 1.67 bits per heavy atom. The van der Waals surface area contributed by atoms with Gasteiger partial charge < -0.3 is 9.84 Å². The standard InChI is InChI=1S/C25H21BrN2O5/c1-32-19-13-16(12-18(26)22(19)29)21-20-23(33-28(21)17-10-6-3-7-11-17)25(31)27(24(20)30)14-15-8-4-2-5-9-15/h2-13,20-21,23,29H,14H2,1H3/t20-,21+,23+/m1/s1. The molecule has 0 bridgehead atoms. The molecular weight excluding hydrogens is 488 g/mol. The number of fused-ring (bicyclic) bond motifs is 1. The van der Waals surface area contributed by atoms with Crippen LogP contribution in [0.2, 0.25) is 0 Å². The summed E-state index contributed by atoms with van der Waals surface area (Å²) in [7, 11) is 1.46. The van der Waals surface area contributed by atoms with Crippen LogP contribution < -0.4 is 9.80 Å². The van der Waals surface area contributed by atoms with Crippen molar-refractivity contribution in [2.75, 3.05) is 12.2 Å². The van der Waals surface area contributed by atoms with E-state index in [0.29, 0.717) is 10.0 Å². The number of phenols is 1. The number of amides is 2. The number of para-hydroxylation sites is 1. The van der Waals surface area contributed by atoms with E-state index in [1.54, 1.807) is 17.2 Å². The average Bonchev–Trinajstić information content (AvgIpc) is 3.34. The number of benzene rings is 3. The summed E-state index contributed by atoms with van der Waals surface area (Å²) in [4.78, 5) is 34.3. The molecule has 0 aromatic heterocycles. The van der Waals surface area contributed by atoms with E-state index in [2.05, 4.69) is 15.9 Å². The number of carbonyl (C=O) groups is 2. The molecule has 2 aliphatic heterocycles. The molecule has 0 radical (unpaired) electrons. The highest BCUT2D eigenvalue weighted by molar-refractivity contribution is 9.10. The maximum Gasteiger partial charge on any atom is 0.262 e. The van der Waals surface area contributed by atoms with Crippen molar-refractivity contribution in [2.24, 2.45) is 5.92 Å². The van der Waals surface area contributed by atoms with Crippen molar-refractivity contribution in [3.05, 3.63) is 88.4 Å². The summed E-state index contributed by atoms with van der Waals surface area (Å²) in [5.41, 5.74) is 2.26. The summed E-state index contributed by atoms with van der Waals surface area (Å²) in [5, 5.41) is 11.9. The van der Waals surface area contributed by atoms with E-state index >= 15 is 0 Å². The molecule has 2 amide bonds. The van der Waals surface area contributed by atoms with Gasteiger partial charge in [0.25, 0.3) is 5.91 Å². The lowest BCUT2D eigenvalue weighted by atomic mass is 9.90. The molecule has 2 saturated heterocycles. The first-order chi connectivity index (χ1) is 16.0. The highest BCUT2D eigenvalue weighted by atomic mass is 79.9. The molecule has 1 N–H and O–H groups in total. The Morgan fingerprint density at radius 1 is 1.00 bits per heavy atom. The molecule has 33 heavy (non-hydrogen) atoms. The number of nitrogens with zero attached hydrogens (tertiary/aromatic N) is 2. The lowest BCUT2D eigenvalue weighted by Crippen LogP contribution is -2.36. The van der Waals surface area contributed by atoms with E-state index in [-0.39, 0.29) is 29.9 Å². The van der Waals surface area contributed by atoms with Gasteiger partial charge in [-0.25, -0.2) is 5.06 Å². The van der Waals surface area contributed by atoms with Crippen molar-refractivity contribution in [3.63, 3.8) is 0 Å². The van der Waals surface area contributed by atoms with Gasteiger partial charge in [0.1, 0.15) is 5.92 Å². The number of hydrogen-bond acceptors (Lipinski definition) is 6. The maximum atomic E-state index is 13.6. The van der Waals surface area contributed by atoms with Gasteiger partial charge >= 0.3 is 0 Å². The first-order valence-corrected chi connectivity index (χ1v) is 11.3. The van der Waals surface area contributed by atoms with Crippen LogP contribution in [-0.2, 0) is 21.0 Å². The Labute approximate surface area is 199 Å². The molecular formula is C25H21BrN2O5. The van der Waals surface area contributed by atoms with Crippen molar-refractivity contribution in [1.29, 1.82) is 0 Å². The Morgan fingerprint density at radius 3 is 2.33 bits per heavy atom. The van der Waals surface area contributed by atoms with E-state index in [1.807, 2.05) is 60.7 Å². The van der Waals surface area contributed by atoms with Crippen LogP contribution >= 0.6 is 15.9 Å². The smallest absolute Gasteiger partial charge is 0.262 e. The lowest BCUT2D eigenvalue weighted by molar-refractivity contribution is -0.143. The third-order valence-corrected chi connectivity index (χ3v) is 6.62. The van der Waals surface area contributed by atoms with Gasteiger partial charge in [-0.15, -0.1) is 0 Å². The number of imide groups is 1. The monoisotopic (exact) mass is 508 g/mol. The zero-order valence-corrected chi connectivity index (χ0v) is 19.3. The Balaban J connectivity index is 1.57. The van der Waals surface area contributed by atoms with Crippen molar-refractivity contribution in [3.8, 4) is 11.5 Å². The second kappa shape index (κ2) is 8.53. The minimum Gasteiger partial charge on any atom is -0.503 e. The van der Waals surface area contributed by atoms with Crippen LogP contribution in [0.25, 0.3) is 0 Å². The van der Waals surface area contributed by atoms with Crippen molar-refractivity contribution >= 4 is 33.4 Å². The fraction of sp³-hybridized carbons (Fsp3) is 0.200. The third-order valence-electron chi connectivity index (χ3n) is 6.01. The first kappa shape index (κ1) is 21.5. The molecule has 0 unspecified atom stereocenters. The van der Waals surface area contributed by atoms with Gasteiger partial charge in [0.05, 0.1) is 29.9 Å². The van der Waals surface area contributed by atoms with Crippen LogP contribution in [0.5, 0.6) is 11.5 Å². The molecule has 3 aromatic rings. The number of likely N-dealkylation sites (tertiary alicyclic amines) is 1. The molecule has 2 heterocycles. The minimum atomic E-state index is -0.940. The second-order valence-electron chi connectivity index (χ2n) is 7.96. The molecule has 2 fully saturated rings. The molecule has 7 nitrogen and oxygen atoms in total. The van der Waals surface area contributed by atoms with Crippen LogP contribution in [0, 0.1) is 5.92 Å². The SMILES string of the molecule is COc1cc([C@H]2[C@H]3C(=O)N(Cc4ccccc4)C(=O)[C@H]3ON2c2ccccc2)cc(Br)c1O. The quantitative estimate of drug-likeness (QED) is 0.520. The molecule has 168 valence electrons. The number of phenolic OH excluding ortho intramolecular Hbond substituents is 1. The summed E-state index contributed by atoms with van der Waals surface area (Å²) < 4.78 is 5.75. The van der Waals surface area contributed by atoms with Crippen LogP contribution in [0.4, 0.5) is 5.69 Å². The molecule has 2 aliphatic rings. The summed E-state index contributed by atoms with van der Waals surface area (Å²) in [6.07, 6.45) is -0.940. The Kier molecular flexibility index (Phi) is 5.55. The number of hydrogen-bond donors (Lipinski definition) is 1. The van der Waals surface area contributed by atoms with Gasteiger partial charge in [0.2, 0.25) is 5.91 Å². The van der Waals surface area contributed by atoms with Gasteiger partial charge in [0, 0.05) is 0 Å². The predicted molar refractivity (Wildman–Crippen MR) is 124 cm³/mol. The van der Waals surface area contributed by atoms with Crippen LogP contribution in [0.15, 0.2) is 77.3 Å². The number of aromatic hydroxyl groups is 1. The van der Waals surface area contributed by atoms with Crippen LogP contribution in [0.1, 0.15) is 17.2 Å². The fourth-order valence-corrected chi connectivity index (χ4v) is 4.91. The fourth-order valence-electron chi connectivity index (χ4n) is 4.45. The Bertz CT molecular complexity index is 1200. The number of carbonyl (C=O) groups excluding carboxylic acids is 2. The van der Waals surface area contributed by atoms with Gasteiger partial charge in [-0.3, -0.25) is 19.3 Å². The Hall–Kier alpha value is -3.36. The molecule has 3 aromatic carbocycles. The minimum absolute atomic E-state index is 0.0393. The van der Waals surface area contributed by atoms with Crippen LogP contribution in [-0.4, -0.2) is 35.0 Å². The number of halogens is 1. The number of rotatable bonds is 5. The van der Waals surface area contributed by atoms with Gasteiger partial charge in [0.15, 0.2) is 17.6 Å². The molecule has 8 heteroatoms. The molecule has 0 saturated carbocycles. The highest BCUT2D eigenvalue weighted by Gasteiger charge is 2.59. The summed E-state index contributed by atoms with van der Waals surface area (Å²) in [5.74, 6) is -1.18. The third kappa shape index (κ3) is 3.65. The lowest BCUT2D eigenvalue weighted by Gasteiger charge is -2.29. The number of ether oxygens (including phenoxy) is 1. The zero-order valence-electron chi connectivity index (χ0n) is 17.7. The highest BCUT2D eigenvalue weighted by Crippen LogP contribution is 2.49. The largest absolute Gasteiger partial charge is 0.503 e. The van der Waals surface area contributed by atoms with Crippen LogP contribution in [0.3, 0.4) is 0 Å². The maximum absolute atomic E-state index is 13.6. The zero-order chi connectivity index (χ0) is 23.1. The van der Waals surface area contributed by atoms with E-state index in [0.717, 1.165) is 11.3 Å². The molecule has 0 aliphatic carbocycles. The predicted octanol–water partition coefficient (Wildman–Crippen LogP) is 4.21.